The second-order valence-corrected chi connectivity index (χ2v) is 5.22. The molecule has 0 amide bonds. The van der Waals surface area contributed by atoms with Crippen LogP contribution in [0.15, 0.2) is 12.1 Å². The zero-order valence-corrected chi connectivity index (χ0v) is 11.7. The van der Waals surface area contributed by atoms with Gasteiger partial charge in [0.25, 0.3) is 5.69 Å². The summed E-state index contributed by atoms with van der Waals surface area (Å²) in [5, 5.41) is 11.0. The number of anilines is 2. The number of nitro groups is 1. The molecule has 8 heteroatoms. The summed E-state index contributed by atoms with van der Waals surface area (Å²) in [5.74, 6) is 6.26. The maximum atomic E-state index is 11.0. The van der Waals surface area contributed by atoms with Crippen molar-refractivity contribution in [3.63, 3.8) is 0 Å². The van der Waals surface area contributed by atoms with Crippen LogP contribution in [-0.4, -0.2) is 48.0 Å². The molecule has 0 aliphatic carbocycles. The van der Waals surface area contributed by atoms with E-state index in [9.17, 15) is 10.1 Å². The number of hydrazine groups is 1. The highest BCUT2D eigenvalue weighted by Crippen LogP contribution is 2.28. The zero-order chi connectivity index (χ0) is 14.7. The minimum absolute atomic E-state index is 0.00143. The van der Waals surface area contributed by atoms with Gasteiger partial charge in [-0.2, -0.15) is 0 Å². The molecule has 0 bridgehead atoms. The van der Waals surface area contributed by atoms with Crippen LogP contribution in [0.5, 0.6) is 0 Å². The Kier molecular flexibility index (Phi) is 4.35. The van der Waals surface area contributed by atoms with Crippen LogP contribution < -0.4 is 16.2 Å². The molecule has 3 N–H and O–H groups in total. The van der Waals surface area contributed by atoms with E-state index < -0.39 is 4.92 Å². The molecule has 1 unspecified atom stereocenters. The topological polar surface area (TPSA) is 101 Å². The summed E-state index contributed by atoms with van der Waals surface area (Å²) in [7, 11) is 4.04. The highest BCUT2D eigenvalue weighted by atomic mass is 16.6. The van der Waals surface area contributed by atoms with E-state index in [2.05, 4.69) is 20.2 Å². The summed E-state index contributed by atoms with van der Waals surface area (Å²) >= 11 is 0. The lowest BCUT2D eigenvalue weighted by atomic mass is 10.2. The number of rotatable bonds is 5. The predicted molar refractivity (Wildman–Crippen MR) is 77.6 cm³/mol. The van der Waals surface area contributed by atoms with E-state index in [1.807, 2.05) is 14.1 Å². The average molecular weight is 280 g/mol. The summed E-state index contributed by atoms with van der Waals surface area (Å²) in [4.78, 5) is 19.1. The Balaban J connectivity index is 2.30. The molecule has 0 aromatic carbocycles. The Morgan fingerprint density at radius 3 is 2.95 bits per heavy atom. The fraction of sp³-hybridized carbons (Fsp3) is 0.583. The molecule has 1 aliphatic rings. The lowest BCUT2D eigenvalue weighted by Crippen LogP contribution is -2.38. The van der Waals surface area contributed by atoms with Crippen LogP contribution in [0.4, 0.5) is 17.3 Å². The molecule has 1 aromatic rings. The summed E-state index contributed by atoms with van der Waals surface area (Å²) in [5.41, 5.74) is 2.39. The Labute approximate surface area is 117 Å². The first-order valence-electron chi connectivity index (χ1n) is 6.55. The lowest BCUT2D eigenvalue weighted by molar-refractivity contribution is -0.384. The van der Waals surface area contributed by atoms with Gasteiger partial charge in [0.2, 0.25) is 0 Å². The van der Waals surface area contributed by atoms with Gasteiger partial charge in [0.1, 0.15) is 11.6 Å². The minimum atomic E-state index is -0.428. The number of likely N-dealkylation sites (N-methyl/N-ethyl adjacent to an activating group) is 1. The fourth-order valence-electron chi connectivity index (χ4n) is 2.58. The van der Waals surface area contributed by atoms with Gasteiger partial charge in [-0.15, -0.1) is 0 Å². The van der Waals surface area contributed by atoms with Crippen molar-refractivity contribution in [1.29, 1.82) is 0 Å². The van der Waals surface area contributed by atoms with Crippen molar-refractivity contribution >= 4 is 17.3 Å². The van der Waals surface area contributed by atoms with E-state index in [0.717, 1.165) is 25.9 Å². The van der Waals surface area contributed by atoms with E-state index in [1.165, 1.54) is 12.1 Å². The van der Waals surface area contributed by atoms with Crippen LogP contribution in [0.2, 0.25) is 0 Å². The van der Waals surface area contributed by atoms with Gasteiger partial charge in [0, 0.05) is 19.1 Å². The second-order valence-electron chi connectivity index (χ2n) is 5.22. The number of nitrogens with one attached hydrogen (secondary N) is 1. The summed E-state index contributed by atoms with van der Waals surface area (Å²) in [6, 6.07) is 3.17. The summed E-state index contributed by atoms with van der Waals surface area (Å²) in [6.07, 6.45) is 2.13. The van der Waals surface area contributed by atoms with Crippen molar-refractivity contribution < 1.29 is 4.92 Å². The van der Waals surface area contributed by atoms with Gasteiger partial charge in [0.05, 0.1) is 17.1 Å². The van der Waals surface area contributed by atoms with Gasteiger partial charge in [-0.05, 0) is 26.9 Å². The molecule has 8 nitrogen and oxygen atoms in total. The number of nitrogens with zero attached hydrogens (tertiary/aromatic N) is 4. The van der Waals surface area contributed by atoms with Gasteiger partial charge in [0.15, 0.2) is 0 Å². The van der Waals surface area contributed by atoms with E-state index >= 15 is 0 Å². The van der Waals surface area contributed by atoms with Crippen LogP contribution in [0, 0.1) is 10.1 Å². The van der Waals surface area contributed by atoms with Crippen molar-refractivity contribution in [2.75, 3.05) is 37.5 Å². The molecule has 20 heavy (non-hydrogen) atoms. The molecule has 0 radical (unpaired) electrons. The molecule has 1 fully saturated rings. The predicted octanol–water partition coefficient (Wildman–Crippen LogP) is 0.806. The third kappa shape index (κ3) is 3.14. The van der Waals surface area contributed by atoms with Crippen molar-refractivity contribution in [2.24, 2.45) is 5.84 Å². The molecule has 2 rings (SSSR count). The number of aromatic nitrogens is 1. The van der Waals surface area contributed by atoms with E-state index in [4.69, 9.17) is 5.84 Å². The van der Waals surface area contributed by atoms with Crippen LogP contribution in [0.25, 0.3) is 0 Å². The zero-order valence-electron chi connectivity index (χ0n) is 11.7. The third-order valence-electron chi connectivity index (χ3n) is 3.40. The molecule has 1 aliphatic heterocycles. The summed E-state index contributed by atoms with van der Waals surface area (Å²) < 4.78 is 0. The maximum absolute atomic E-state index is 11.0. The molecule has 0 spiro atoms. The molecule has 1 saturated heterocycles. The van der Waals surface area contributed by atoms with E-state index in [-0.39, 0.29) is 5.69 Å². The molecule has 2 heterocycles. The van der Waals surface area contributed by atoms with Crippen LogP contribution >= 0.6 is 0 Å². The maximum Gasteiger partial charge on any atom is 0.276 e. The molecular formula is C12H20N6O2. The van der Waals surface area contributed by atoms with Gasteiger partial charge >= 0.3 is 0 Å². The van der Waals surface area contributed by atoms with E-state index in [0.29, 0.717) is 17.7 Å². The summed E-state index contributed by atoms with van der Waals surface area (Å²) in [6.45, 7) is 1.76. The van der Waals surface area contributed by atoms with Gasteiger partial charge in [-0.3, -0.25) is 10.1 Å². The number of hydrogen-bond acceptors (Lipinski definition) is 7. The first-order chi connectivity index (χ1) is 9.51. The Morgan fingerprint density at radius 2 is 2.35 bits per heavy atom. The van der Waals surface area contributed by atoms with Crippen LogP contribution in [-0.2, 0) is 0 Å². The highest BCUT2D eigenvalue weighted by molar-refractivity contribution is 5.56. The van der Waals surface area contributed by atoms with Crippen molar-refractivity contribution in [3.8, 4) is 0 Å². The largest absolute Gasteiger partial charge is 0.352 e. The number of pyridine rings is 1. The van der Waals surface area contributed by atoms with Crippen molar-refractivity contribution in [2.45, 2.75) is 18.9 Å². The monoisotopic (exact) mass is 280 g/mol. The fourth-order valence-corrected chi connectivity index (χ4v) is 2.58. The smallest absolute Gasteiger partial charge is 0.276 e. The normalized spacial score (nSPS) is 18.6. The minimum Gasteiger partial charge on any atom is -0.352 e. The quantitative estimate of drug-likeness (QED) is 0.467. The molecule has 1 atom stereocenters. The molecule has 110 valence electrons. The van der Waals surface area contributed by atoms with Crippen LogP contribution in [0.1, 0.15) is 12.8 Å². The SMILES string of the molecule is CN(C)CC1CCCN1c1cc([N+](=O)[O-])cc(NN)n1. The number of nitrogens with two attached hydrogens (primary N) is 1. The van der Waals surface area contributed by atoms with Gasteiger partial charge < -0.3 is 15.2 Å². The Hall–Kier alpha value is -1.93. The van der Waals surface area contributed by atoms with Gasteiger partial charge in [-0.1, -0.05) is 0 Å². The first kappa shape index (κ1) is 14.5. The van der Waals surface area contributed by atoms with Gasteiger partial charge in [-0.25, -0.2) is 10.8 Å². The third-order valence-corrected chi connectivity index (χ3v) is 3.40. The average Bonchev–Trinajstić information content (AvgIpc) is 2.85. The first-order valence-corrected chi connectivity index (χ1v) is 6.55. The Bertz CT molecular complexity index is 493. The lowest BCUT2D eigenvalue weighted by Gasteiger charge is -2.28. The number of hydrogen-bond donors (Lipinski definition) is 2. The highest BCUT2D eigenvalue weighted by Gasteiger charge is 2.27. The molecular weight excluding hydrogens is 260 g/mol. The standard InChI is InChI=1S/C12H20N6O2/c1-16(2)8-9-4-3-5-17(9)12-7-10(18(19)20)6-11(14-12)15-13/h6-7,9H,3-5,8,13H2,1-2H3,(H,14,15). The van der Waals surface area contributed by atoms with Crippen molar-refractivity contribution in [1.82, 2.24) is 9.88 Å². The number of nitrogen functional groups attached to an aromatic ring is 1. The second kappa shape index (κ2) is 6.02. The van der Waals surface area contributed by atoms with E-state index in [1.54, 1.807) is 0 Å². The molecule has 0 saturated carbocycles. The Morgan fingerprint density at radius 1 is 1.60 bits per heavy atom. The van der Waals surface area contributed by atoms with Crippen molar-refractivity contribution in [3.05, 3.63) is 22.2 Å². The van der Waals surface area contributed by atoms with Crippen LogP contribution in [0.3, 0.4) is 0 Å². The molecule has 1 aromatic heterocycles.